The van der Waals surface area contributed by atoms with Crippen molar-refractivity contribution < 1.29 is 4.74 Å². The molecule has 2 heteroatoms. The molecule has 3 saturated carbocycles. The third-order valence-corrected chi connectivity index (χ3v) is 6.51. The Bertz CT molecular complexity index is 553. The van der Waals surface area contributed by atoms with Crippen molar-refractivity contribution in [2.75, 3.05) is 0 Å². The van der Waals surface area contributed by atoms with Crippen molar-refractivity contribution in [3.63, 3.8) is 0 Å². The lowest BCUT2D eigenvalue weighted by molar-refractivity contribution is 0.254. The maximum Gasteiger partial charge on any atom is 0.123 e. The van der Waals surface area contributed by atoms with Crippen molar-refractivity contribution >= 4 is 0 Å². The number of hydrogen-bond acceptors (Lipinski definition) is 2. The van der Waals surface area contributed by atoms with Crippen LogP contribution in [-0.2, 0) is 6.42 Å². The number of benzene rings is 1. The lowest BCUT2D eigenvalue weighted by Crippen LogP contribution is -2.17. The highest BCUT2D eigenvalue weighted by atomic mass is 16.5. The Kier molecular flexibility index (Phi) is 2.20. The van der Waals surface area contributed by atoms with Gasteiger partial charge >= 0.3 is 0 Å². The average Bonchev–Trinajstić information content (AvgIpc) is 2.76. The standard InChI is InChI=1S/C18H23NO/c1-9-6-13-8-12(4-5-14(13)20-9)18(19)17-15-10-2-3-11(7-10)16(15)17/h4-5,8-11,15-18H,2-3,6-7,19H2,1H3. The van der Waals surface area contributed by atoms with E-state index in [0.717, 1.165) is 41.8 Å². The van der Waals surface area contributed by atoms with Gasteiger partial charge in [0.25, 0.3) is 0 Å². The van der Waals surface area contributed by atoms with Crippen LogP contribution in [0.3, 0.4) is 0 Å². The predicted octanol–water partition coefficient (Wildman–Crippen LogP) is 3.30. The number of nitrogens with two attached hydrogens (primary N) is 1. The van der Waals surface area contributed by atoms with Gasteiger partial charge in [0.1, 0.15) is 11.9 Å². The highest BCUT2D eigenvalue weighted by Crippen LogP contribution is 2.71. The fourth-order valence-corrected chi connectivity index (χ4v) is 5.74. The SMILES string of the molecule is CC1Cc2cc(C(N)C3C4C5CCC(C5)C43)ccc2O1. The fraction of sp³-hybridized carbons (Fsp3) is 0.667. The zero-order valence-corrected chi connectivity index (χ0v) is 12.1. The van der Waals surface area contributed by atoms with Crippen molar-refractivity contribution in [3.05, 3.63) is 29.3 Å². The highest BCUT2D eigenvalue weighted by Gasteiger charge is 2.66. The molecule has 20 heavy (non-hydrogen) atoms. The van der Waals surface area contributed by atoms with Gasteiger partial charge in [0.15, 0.2) is 0 Å². The third kappa shape index (κ3) is 1.43. The van der Waals surface area contributed by atoms with Crippen LogP contribution in [-0.4, -0.2) is 6.10 Å². The zero-order chi connectivity index (χ0) is 13.4. The number of hydrogen-bond donors (Lipinski definition) is 1. The van der Waals surface area contributed by atoms with Gasteiger partial charge in [-0.1, -0.05) is 12.1 Å². The average molecular weight is 269 g/mol. The summed E-state index contributed by atoms with van der Waals surface area (Å²) in [6.07, 6.45) is 5.83. The molecule has 0 amide bonds. The Balaban J connectivity index is 1.40. The molecule has 3 aliphatic carbocycles. The first-order chi connectivity index (χ1) is 9.72. The molecule has 1 aliphatic heterocycles. The Morgan fingerprint density at radius 2 is 1.95 bits per heavy atom. The summed E-state index contributed by atoms with van der Waals surface area (Å²) in [6, 6.07) is 6.92. The molecule has 1 aromatic carbocycles. The summed E-state index contributed by atoms with van der Waals surface area (Å²) >= 11 is 0. The summed E-state index contributed by atoms with van der Waals surface area (Å²) in [5.41, 5.74) is 9.34. The van der Waals surface area contributed by atoms with E-state index in [9.17, 15) is 0 Å². The highest BCUT2D eigenvalue weighted by molar-refractivity contribution is 5.42. The van der Waals surface area contributed by atoms with Crippen molar-refractivity contribution in [1.29, 1.82) is 0 Å². The van der Waals surface area contributed by atoms with E-state index < -0.39 is 0 Å². The van der Waals surface area contributed by atoms with E-state index in [1.807, 2.05) is 0 Å². The predicted molar refractivity (Wildman–Crippen MR) is 78.5 cm³/mol. The van der Waals surface area contributed by atoms with Crippen LogP contribution >= 0.6 is 0 Å². The van der Waals surface area contributed by atoms with Crippen LogP contribution < -0.4 is 10.5 Å². The molecule has 0 radical (unpaired) electrons. The van der Waals surface area contributed by atoms with E-state index in [1.165, 1.54) is 30.4 Å². The molecule has 0 aromatic heterocycles. The monoisotopic (exact) mass is 269 g/mol. The topological polar surface area (TPSA) is 35.2 Å². The molecule has 5 rings (SSSR count). The molecule has 1 aromatic rings. The van der Waals surface area contributed by atoms with Gasteiger partial charge in [-0.2, -0.15) is 0 Å². The van der Waals surface area contributed by atoms with Crippen molar-refractivity contribution in [2.24, 2.45) is 35.3 Å². The second kappa shape index (κ2) is 3.79. The molecule has 6 unspecified atom stereocenters. The van der Waals surface area contributed by atoms with Crippen LogP contribution in [0, 0.1) is 29.6 Å². The van der Waals surface area contributed by atoms with Crippen LogP contribution in [0.5, 0.6) is 5.75 Å². The summed E-state index contributed by atoms with van der Waals surface area (Å²) < 4.78 is 5.80. The molecule has 4 aliphatic rings. The molecule has 0 saturated heterocycles. The number of ether oxygens (including phenoxy) is 1. The van der Waals surface area contributed by atoms with Crippen LogP contribution in [0.2, 0.25) is 0 Å². The van der Waals surface area contributed by atoms with Gasteiger partial charge in [0.05, 0.1) is 0 Å². The smallest absolute Gasteiger partial charge is 0.123 e. The second-order valence-electron chi connectivity index (χ2n) is 7.59. The quantitative estimate of drug-likeness (QED) is 0.894. The molecule has 3 fully saturated rings. The molecule has 0 spiro atoms. The first kappa shape index (κ1) is 11.6. The Morgan fingerprint density at radius 3 is 2.70 bits per heavy atom. The summed E-state index contributed by atoms with van der Waals surface area (Å²) in [5, 5.41) is 0. The zero-order valence-electron chi connectivity index (χ0n) is 12.1. The molecule has 106 valence electrons. The lowest BCUT2D eigenvalue weighted by atomic mass is 9.92. The molecule has 6 atom stereocenters. The molecular formula is C18H23NO. The van der Waals surface area contributed by atoms with Crippen molar-refractivity contribution in [2.45, 2.75) is 44.8 Å². The summed E-state index contributed by atoms with van der Waals surface area (Å²) in [7, 11) is 0. The van der Waals surface area contributed by atoms with E-state index >= 15 is 0 Å². The van der Waals surface area contributed by atoms with Crippen LogP contribution in [0.4, 0.5) is 0 Å². The lowest BCUT2D eigenvalue weighted by Gasteiger charge is -2.17. The van der Waals surface area contributed by atoms with Crippen molar-refractivity contribution in [1.82, 2.24) is 0 Å². The molecular weight excluding hydrogens is 246 g/mol. The van der Waals surface area contributed by atoms with E-state index in [4.69, 9.17) is 10.5 Å². The largest absolute Gasteiger partial charge is 0.490 e. The molecule has 1 heterocycles. The Labute approximate surface area is 120 Å². The minimum absolute atomic E-state index is 0.259. The molecule has 2 bridgehead atoms. The third-order valence-electron chi connectivity index (χ3n) is 6.51. The van der Waals surface area contributed by atoms with Gasteiger partial charge in [-0.05, 0) is 73.0 Å². The van der Waals surface area contributed by atoms with Crippen LogP contribution in [0.25, 0.3) is 0 Å². The second-order valence-corrected chi connectivity index (χ2v) is 7.59. The van der Waals surface area contributed by atoms with E-state index in [1.54, 1.807) is 0 Å². The number of rotatable bonds is 2. The summed E-state index contributed by atoms with van der Waals surface area (Å²) in [6.45, 7) is 2.14. The number of fused-ring (bicyclic) bond motifs is 6. The fourth-order valence-electron chi connectivity index (χ4n) is 5.74. The van der Waals surface area contributed by atoms with Gasteiger partial charge in [-0.25, -0.2) is 0 Å². The van der Waals surface area contributed by atoms with Gasteiger partial charge in [-0.3, -0.25) is 0 Å². The first-order valence-corrected chi connectivity index (χ1v) is 8.27. The maximum atomic E-state index is 6.63. The van der Waals surface area contributed by atoms with Gasteiger partial charge in [0, 0.05) is 12.5 Å². The van der Waals surface area contributed by atoms with E-state index in [0.29, 0.717) is 6.10 Å². The first-order valence-electron chi connectivity index (χ1n) is 8.27. The van der Waals surface area contributed by atoms with Gasteiger partial charge in [0.2, 0.25) is 0 Å². The van der Waals surface area contributed by atoms with Crippen molar-refractivity contribution in [3.8, 4) is 5.75 Å². The van der Waals surface area contributed by atoms with E-state index in [2.05, 4.69) is 25.1 Å². The normalized spacial score (nSPS) is 44.9. The molecule has 2 nitrogen and oxygen atoms in total. The van der Waals surface area contributed by atoms with Crippen LogP contribution in [0.15, 0.2) is 18.2 Å². The van der Waals surface area contributed by atoms with Crippen LogP contribution in [0.1, 0.15) is 43.4 Å². The van der Waals surface area contributed by atoms with E-state index in [-0.39, 0.29) is 6.04 Å². The Hall–Kier alpha value is -1.02. The maximum absolute atomic E-state index is 6.63. The minimum Gasteiger partial charge on any atom is -0.490 e. The Morgan fingerprint density at radius 1 is 1.20 bits per heavy atom. The minimum atomic E-state index is 0.259. The molecule has 2 N–H and O–H groups in total. The van der Waals surface area contributed by atoms with Gasteiger partial charge < -0.3 is 10.5 Å². The van der Waals surface area contributed by atoms with Gasteiger partial charge in [-0.15, -0.1) is 0 Å². The summed E-state index contributed by atoms with van der Waals surface area (Å²) in [4.78, 5) is 0. The summed E-state index contributed by atoms with van der Waals surface area (Å²) in [5.74, 6) is 5.81.